The molecule has 2 aromatic carbocycles. The highest BCUT2D eigenvalue weighted by Crippen LogP contribution is 2.34. The molecule has 0 unspecified atom stereocenters. The average Bonchev–Trinajstić information content (AvgIpc) is 3.34. The molecule has 3 heterocycles. The number of fused-ring (bicyclic) bond motifs is 1. The zero-order chi connectivity index (χ0) is 24.4. The van der Waals surface area contributed by atoms with E-state index in [1.807, 2.05) is 18.2 Å². The molecule has 0 amide bonds. The van der Waals surface area contributed by atoms with Crippen molar-refractivity contribution in [3.05, 3.63) is 64.8 Å². The fourth-order valence-electron chi connectivity index (χ4n) is 4.01. The number of non-ortho nitro benzene ring substituents is 1. The van der Waals surface area contributed by atoms with Gasteiger partial charge in [0.2, 0.25) is 11.8 Å². The van der Waals surface area contributed by atoms with Crippen LogP contribution in [0.3, 0.4) is 0 Å². The molecule has 4 aromatic rings. The monoisotopic (exact) mass is 475 g/mol. The van der Waals surface area contributed by atoms with Gasteiger partial charge in [0.1, 0.15) is 17.1 Å². The van der Waals surface area contributed by atoms with Gasteiger partial charge in [0.25, 0.3) is 5.69 Å². The fourth-order valence-corrected chi connectivity index (χ4v) is 4.01. The van der Waals surface area contributed by atoms with Crippen LogP contribution in [-0.2, 0) is 0 Å². The molecule has 1 aliphatic rings. The molecule has 1 aliphatic heterocycles. The Balaban J connectivity index is 1.42. The Morgan fingerprint density at radius 3 is 2.69 bits per heavy atom. The average molecular weight is 476 g/mol. The minimum atomic E-state index is -0.467. The molecule has 11 heteroatoms. The predicted molar refractivity (Wildman–Crippen MR) is 133 cm³/mol. The first kappa shape index (κ1) is 22.4. The highest BCUT2D eigenvalue weighted by atomic mass is 16.6. The van der Waals surface area contributed by atoms with Gasteiger partial charge in [-0.1, -0.05) is 6.07 Å². The number of hydrogen-bond acceptors (Lipinski definition) is 9. The highest BCUT2D eigenvalue weighted by Gasteiger charge is 2.19. The number of methoxy groups -OCH3 is 1. The Bertz CT molecular complexity index is 1370. The first-order chi connectivity index (χ1) is 17.0. The van der Waals surface area contributed by atoms with Crippen molar-refractivity contribution in [2.45, 2.75) is 0 Å². The number of nitrogens with one attached hydrogen (secondary N) is 2. The van der Waals surface area contributed by atoms with E-state index in [1.54, 1.807) is 31.5 Å². The number of nitrogens with zero attached hydrogens (tertiary/aromatic N) is 5. The zero-order valence-electron chi connectivity index (χ0n) is 19.4. The normalized spacial score (nSPS) is 14.2. The van der Waals surface area contributed by atoms with Gasteiger partial charge in [0.15, 0.2) is 0 Å². The van der Waals surface area contributed by atoms with Crippen LogP contribution in [0.15, 0.2) is 54.7 Å². The molecule has 0 spiro atoms. The van der Waals surface area contributed by atoms with Gasteiger partial charge < -0.3 is 29.6 Å². The molecule has 180 valence electrons. The second kappa shape index (κ2) is 9.47. The first-order valence-electron chi connectivity index (χ1n) is 11.2. The maximum absolute atomic E-state index is 11.1. The van der Waals surface area contributed by atoms with Crippen molar-refractivity contribution in [3.8, 4) is 17.4 Å². The summed E-state index contributed by atoms with van der Waals surface area (Å²) in [6.07, 6.45) is 1.73. The molecule has 35 heavy (non-hydrogen) atoms. The van der Waals surface area contributed by atoms with E-state index in [0.29, 0.717) is 22.7 Å². The van der Waals surface area contributed by atoms with Crippen LogP contribution in [-0.4, -0.2) is 65.1 Å². The summed E-state index contributed by atoms with van der Waals surface area (Å²) in [5.41, 5.74) is 2.31. The first-order valence-corrected chi connectivity index (χ1v) is 11.2. The molecule has 11 nitrogen and oxygen atoms in total. The van der Waals surface area contributed by atoms with Crippen LogP contribution < -0.4 is 19.7 Å². The molecule has 0 saturated carbocycles. The van der Waals surface area contributed by atoms with E-state index in [1.165, 1.54) is 12.1 Å². The highest BCUT2D eigenvalue weighted by molar-refractivity contribution is 5.83. The number of H-pyrrole nitrogens is 1. The fraction of sp³-hybridized carbons (Fsp3) is 0.250. The number of nitro benzene ring substituents is 1. The van der Waals surface area contributed by atoms with Crippen molar-refractivity contribution in [3.63, 3.8) is 0 Å². The van der Waals surface area contributed by atoms with Crippen molar-refractivity contribution < 1.29 is 14.4 Å². The van der Waals surface area contributed by atoms with Crippen LogP contribution in [0.5, 0.6) is 17.4 Å². The van der Waals surface area contributed by atoms with Crippen molar-refractivity contribution in [2.24, 2.45) is 0 Å². The van der Waals surface area contributed by atoms with Gasteiger partial charge in [0.05, 0.1) is 29.2 Å². The van der Waals surface area contributed by atoms with Crippen LogP contribution in [0.2, 0.25) is 0 Å². The lowest BCUT2D eigenvalue weighted by Crippen LogP contribution is -2.44. The molecule has 0 atom stereocenters. The number of likely N-dealkylation sites (N-methyl/N-ethyl adjacent to an activating group) is 1. The molecule has 5 rings (SSSR count). The molecule has 2 N–H and O–H groups in total. The molecular weight excluding hydrogens is 450 g/mol. The third kappa shape index (κ3) is 4.80. The Kier molecular flexibility index (Phi) is 6.06. The summed E-state index contributed by atoms with van der Waals surface area (Å²) in [6.45, 7) is 3.87. The number of aromatic amines is 1. The lowest BCUT2D eigenvalue weighted by atomic mass is 10.2. The molecule has 1 fully saturated rings. The summed E-state index contributed by atoms with van der Waals surface area (Å²) < 4.78 is 11.6. The van der Waals surface area contributed by atoms with E-state index in [0.717, 1.165) is 43.3 Å². The Hall–Kier alpha value is -4.38. The van der Waals surface area contributed by atoms with Gasteiger partial charge in [-0.15, -0.1) is 0 Å². The minimum Gasteiger partial charge on any atom is -0.495 e. The van der Waals surface area contributed by atoms with Crippen molar-refractivity contribution >= 4 is 34.0 Å². The van der Waals surface area contributed by atoms with E-state index in [-0.39, 0.29) is 11.6 Å². The van der Waals surface area contributed by atoms with E-state index < -0.39 is 4.92 Å². The quantitative estimate of drug-likeness (QED) is 0.300. The second-order valence-electron chi connectivity index (χ2n) is 8.25. The van der Waals surface area contributed by atoms with Crippen LogP contribution in [0.25, 0.3) is 11.0 Å². The summed E-state index contributed by atoms with van der Waals surface area (Å²) >= 11 is 0. The van der Waals surface area contributed by atoms with Crippen LogP contribution in [0, 0.1) is 10.1 Å². The van der Waals surface area contributed by atoms with E-state index in [9.17, 15) is 10.1 Å². The molecule has 2 aromatic heterocycles. The van der Waals surface area contributed by atoms with Crippen molar-refractivity contribution in [1.29, 1.82) is 0 Å². The SMILES string of the molecule is COc1cc(Nc2nc(Oc3cccc([N+](=O)[O-])c3)c3cc[nH]c3n2)ccc1N1CCN(C)CC1. The molecular formula is C24H25N7O4. The zero-order valence-corrected chi connectivity index (χ0v) is 19.4. The van der Waals surface area contributed by atoms with Gasteiger partial charge in [0, 0.05) is 50.2 Å². The van der Waals surface area contributed by atoms with Gasteiger partial charge in [-0.2, -0.15) is 9.97 Å². The summed E-state index contributed by atoms with van der Waals surface area (Å²) in [7, 11) is 3.78. The molecule has 1 saturated heterocycles. The van der Waals surface area contributed by atoms with Crippen molar-refractivity contribution in [2.75, 3.05) is 50.6 Å². The lowest BCUT2D eigenvalue weighted by molar-refractivity contribution is -0.384. The van der Waals surface area contributed by atoms with Crippen LogP contribution in [0.1, 0.15) is 0 Å². The number of anilines is 3. The number of benzene rings is 2. The third-order valence-corrected chi connectivity index (χ3v) is 5.90. The summed E-state index contributed by atoms with van der Waals surface area (Å²) in [5, 5.41) is 15.0. The molecule has 0 radical (unpaired) electrons. The standard InChI is InChI=1S/C24H25N7O4/c1-29-10-12-30(13-11-29)20-7-6-16(14-21(20)34-2)26-24-27-22-19(8-9-25-22)23(28-24)35-18-5-3-4-17(15-18)31(32)33/h3-9,14-15H,10-13H2,1-2H3,(H2,25,26,27,28). The number of piperazine rings is 1. The Labute approximate surface area is 201 Å². The largest absolute Gasteiger partial charge is 0.495 e. The number of aromatic nitrogens is 3. The van der Waals surface area contributed by atoms with Gasteiger partial charge >= 0.3 is 0 Å². The van der Waals surface area contributed by atoms with Gasteiger partial charge in [-0.25, -0.2) is 0 Å². The summed E-state index contributed by atoms with van der Waals surface area (Å²) in [5.74, 6) is 1.66. The molecule has 0 bridgehead atoms. The van der Waals surface area contributed by atoms with Crippen molar-refractivity contribution in [1.82, 2.24) is 19.9 Å². The van der Waals surface area contributed by atoms with Crippen LogP contribution >= 0.6 is 0 Å². The number of hydrogen-bond donors (Lipinski definition) is 2. The maximum atomic E-state index is 11.1. The number of rotatable bonds is 7. The number of ether oxygens (including phenoxy) is 2. The Morgan fingerprint density at radius 2 is 1.91 bits per heavy atom. The number of nitro groups is 1. The summed E-state index contributed by atoms with van der Waals surface area (Å²) in [6, 6.07) is 13.7. The lowest BCUT2D eigenvalue weighted by Gasteiger charge is -2.34. The van der Waals surface area contributed by atoms with E-state index >= 15 is 0 Å². The topological polar surface area (TPSA) is 122 Å². The smallest absolute Gasteiger partial charge is 0.273 e. The Morgan fingerprint density at radius 1 is 1.09 bits per heavy atom. The summed E-state index contributed by atoms with van der Waals surface area (Å²) in [4.78, 5) is 27.4. The van der Waals surface area contributed by atoms with E-state index in [4.69, 9.17) is 9.47 Å². The maximum Gasteiger partial charge on any atom is 0.273 e. The van der Waals surface area contributed by atoms with Gasteiger partial charge in [-0.05, 0) is 31.3 Å². The van der Waals surface area contributed by atoms with E-state index in [2.05, 4.69) is 37.1 Å². The second-order valence-corrected chi connectivity index (χ2v) is 8.25. The van der Waals surface area contributed by atoms with Gasteiger partial charge in [-0.3, -0.25) is 10.1 Å². The minimum absolute atomic E-state index is 0.0623. The third-order valence-electron chi connectivity index (χ3n) is 5.90. The van der Waals surface area contributed by atoms with Crippen LogP contribution in [0.4, 0.5) is 23.0 Å². The molecule has 0 aliphatic carbocycles. The predicted octanol–water partition coefficient (Wildman–Crippen LogP) is 4.16.